The Balaban J connectivity index is 2.62. The van der Waals surface area contributed by atoms with Crippen molar-refractivity contribution in [2.24, 2.45) is 0 Å². The number of aliphatic hydroxyl groups is 1. The molecule has 0 bridgehead atoms. The van der Waals surface area contributed by atoms with Crippen LogP contribution in [0.15, 0.2) is 18.2 Å². The maximum atomic E-state index is 13.3. The van der Waals surface area contributed by atoms with Crippen molar-refractivity contribution in [2.75, 3.05) is 13.2 Å². The third-order valence-corrected chi connectivity index (χ3v) is 2.79. The van der Waals surface area contributed by atoms with Crippen LogP contribution in [0, 0.1) is 5.82 Å². The number of amides is 1. The Morgan fingerprint density at radius 3 is 2.68 bits per heavy atom. The third kappa shape index (κ3) is 5.14. The van der Waals surface area contributed by atoms with E-state index in [4.69, 9.17) is 11.6 Å². The summed E-state index contributed by atoms with van der Waals surface area (Å²) in [5, 5.41) is 14.9. The van der Waals surface area contributed by atoms with E-state index < -0.39 is 11.9 Å². The van der Waals surface area contributed by atoms with Gasteiger partial charge in [0.2, 0.25) is 5.91 Å². The van der Waals surface area contributed by atoms with Crippen molar-refractivity contribution in [3.8, 4) is 0 Å². The summed E-state index contributed by atoms with van der Waals surface area (Å²) in [5.74, 6) is -0.728. The monoisotopic (exact) mass is 288 g/mol. The maximum absolute atomic E-state index is 13.3. The Morgan fingerprint density at radius 2 is 2.16 bits per heavy atom. The number of hydrogen-bond acceptors (Lipinski definition) is 3. The predicted octanol–water partition coefficient (Wildman–Crippen LogP) is 1.63. The van der Waals surface area contributed by atoms with E-state index in [1.54, 1.807) is 6.07 Å². The average Bonchev–Trinajstić information content (AvgIpc) is 2.33. The van der Waals surface area contributed by atoms with Gasteiger partial charge in [0, 0.05) is 6.04 Å². The van der Waals surface area contributed by atoms with E-state index in [2.05, 4.69) is 10.6 Å². The molecule has 1 amide bonds. The molecule has 1 atom stereocenters. The summed E-state index contributed by atoms with van der Waals surface area (Å²) in [5.41, 5.74) is 0.543. The number of halogens is 2. The lowest BCUT2D eigenvalue weighted by atomic mass is 10.1. The van der Waals surface area contributed by atoms with Crippen LogP contribution >= 0.6 is 11.6 Å². The van der Waals surface area contributed by atoms with Gasteiger partial charge in [0.1, 0.15) is 5.82 Å². The fraction of sp³-hybridized carbons (Fsp3) is 0.462. The number of aliphatic hydroxyl groups excluding tert-OH is 1. The van der Waals surface area contributed by atoms with Crippen molar-refractivity contribution in [3.63, 3.8) is 0 Å². The lowest BCUT2D eigenvalue weighted by Gasteiger charge is -2.17. The topological polar surface area (TPSA) is 61.4 Å². The summed E-state index contributed by atoms with van der Waals surface area (Å²) in [6, 6.07) is 3.82. The van der Waals surface area contributed by atoms with Crippen LogP contribution in [0.25, 0.3) is 0 Å². The molecule has 106 valence electrons. The van der Waals surface area contributed by atoms with Crippen molar-refractivity contribution in [2.45, 2.75) is 25.9 Å². The Hall–Kier alpha value is -1.17. The molecule has 0 aliphatic carbocycles. The number of nitrogens with one attached hydrogen (secondary N) is 2. The fourth-order valence-electron chi connectivity index (χ4n) is 1.61. The first-order chi connectivity index (χ1) is 8.93. The summed E-state index contributed by atoms with van der Waals surface area (Å²) in [6.45, 7) is 3.52. The molecule has 1 rings (SSSR count). The molecule has 0 radical (unpaired) electrons. The van der Waals surface area contributed by atoms with E-state index in [1.165, 1.54) is 12.1 Å². The minimum Gasteiger partial charge on any atom is -0.394 e. The van der Waals surface area contributed by atoms with E-state index >= 15 is 0 Å². The minimum atomic E-state index is -0.550. The van der Waals surface area contributed by atoms with Crippen molar-refractivity contribution < 1.29 is 14.3 Å². The predicted molar refractivity (Wildman–Crippen MR) is 72.5 cm³/mol. The third-order valence-electron chi connectivity index (χ3n) is 2.49. The molecule has 1 aromatic rings. The normalized spacial score (nSPS) is 12.5. The van der Waals surface area contributed by atoms with Crippen LogP contribution in [0.2, 0.25) is 5.02 Å². The first-order valence-electron chi connectivity index (χ1n) is 6.02. The summed E-state index contributed by atoms with van der Waals surface area (Å²) < 4.78 is 13.3. The van der Waals surface area contributed by atoms with E-state index in [0.29, 0.717) is 5.56 Å². The molecule has 0 heterocycles. The van der Waals surface area contributed by atoms with Gasteiger partial charge in [0.25, 0.3) is 0 Å². The molecule has 1 unspecified atom stereocenters. The minimum absolute atomic E-state index is 0.0259. The van der Waals surface area contributed by atoms with Crippen molar-refractivity contribution in [1.82, 2.24) is 10.6 Å². The zero-order valence-electron chi connectivity index (χ0n) is 10.9. The van der Waals surface area contributed by atoms with E-state index in [0.717, 1.165) is 0 Å². The van der Waals surface area contributed by atoms with Crippen LogP contribution in [0.3, 0.4) is 0 Å². The van der Waals surface area contributed by atoms with Gasteiger partial charge in [-0.3, -0.25) is 10.1 Å². The number of hydrogen-bond donors (Lipinski definition) is 3. The summed E-state index contributed by atoms with van der Waals surface area (Å²) >= 11 is 5.59. The number of rotatable bonds is 6. The molecular formula is C13H18ClFN2O2. The first-order valence-corrected chi connectivity index (χ1v) is 6.40. The molecule has 0 saturated heterocycles. The van der Waals surface area contributed by atoms with E-state index in [9.17, 15) is 14.3 Å². The molecule has 0 aromatic heterocycles. The molecule has 6 heteroatoms. The highest BCUT2D eigenvalue weighted by Crippen LogP contribution is 2.19. The second-order valence-corrected chi connectivity index (χ2v) is 4.92. The molecule has 0 aliphatic rings. The second-order valence-electron chi connectivity index (χ2n) is 4.51. The van der Waals surface area contributed by atoms with Crippen LogP contribution in [0.4, 0.5) is 4.39 Å². The Morgan fingerprint density at radius 1 is 1.47 bits per heavy atom. The highest BCUT2D eigenvalue weighted by molar-refractivity contribution is 6.30. The first kappa shape index (κ1) is 15.9. The summed E-state index contributed by atoms with van der Waals surface area (Å²) in [4.78, 5) is 11.5. The molecule has 1 aromatic carbocycles. The van der Waals surface area contributed by atoms with Crippen LogP contribution in [-0.4, -0.2) is 30.2 Å². The molecule has 0 fully saturated rings. The van der Waals surface area contributed by atoms with Gasteiger partial charge < -0.3 is 10.4 Å². The van der Waals surface area contributed by atoms with Crippen molar-refractivity contribution >= 4 is 17.5 Å². The number of benzene rings is 1. The largest absolute Gasteiger partial charge is 0.394 e. The SMILES string of the molecule is CC(C)NC(=O)CNC(CO)c1ccc(Cl)c(F)c1. The molecule has 19 heavy (non-hydrogen) atoms. The molecule has 3 N–H and O–H groups in total. The summed E-state index contributed by atoms with van der Waals surface area (Å²) in [7, 11) is 0. The molecule has 0 aliphatic heterocycles. The Kier molecular flexibility index (Phi) is 6.21. The zero-order chi connectivity index (χ0) is 14.4. The van der Waals surface area contributed by atoms with Gasteiger partial charge in [-0.1, -0.05) is 17.7 Å². The van der Waals surface area contributed by atoms with Gasteiger partial charge >= 0.3 is 0 Å². The quantitative estimate of drug-likeness (QED) is 0.745. The molecule has 0 spiro atoms. The van der Waals surface area contributed by atoms with Gasteiger partial charge in [-0.05, 0) is 31.5 Å². The number of carbonyl (C=O) groups is 1. The lowest BCUT2D eigenvalue weighted by Crippen LogP contribution is -2.39. The van der Waals surface area contributed by atoms with Gasteiger partial charge in [-0.25, -0.2) is 4.39 Å². The fourth-order valence-corrected chi connectivity index (χ4v) is 1.72. The van der Waals surface area contributed by atoms with Gasteiger partial charge in [-0.2, -0.15) is 0 Å². The standard InChI is InChI=1S/C13H18ClFN2O2/c1-8(2)17-13(19)6-16-12(7-18)9-3-4-10(14)11(15)5-9/h3-5,8,12,16,18H,6-7H2,1-2H3,(H,17,19). The van der Waals surface area contributed by atoms with Gasteiger partial charge in [-0.15, -0.1) is 0 Å². The second kappa shape index (κ2) is 7.43. The highest BCUT2D eigenvalue weighted by Gasteiger charge is 2.13. The average molecular weight is 289 g/mol. The molecule has 4 nitrogen and oxygen atoms in total. The zero-order valence-corrected chi connectivity index (χ0v) is 11.7. The summed E-state index contributed by atoms with van der Waals surface area (Å²) in [6.07, 6.45) is 0. The number of carbonyl (C=O) groups excluding carboxylic acids is 1. The van der Waals surface area contributed by atoms with Crippen LogP contribution in [-0.2, 0) is 4.79 Å². The van der Waals surface area contributed by atoms with Gasteiger partial charge in [0.15, 0.2) is 0 Å². The van der Waals surface area contributed by atoms with Crippen LogP contribution < -0.4 is 10.6 Å². The Bertz CT molecular complexity index is 441. The van der Waals surface area contributed by atoms with Crippen molar-refractivity contribution in [1.29, 1.82) is 0 Å². The van der Waals surface area contributed by atoms with E-state index in [-0.39, 0.29) is 30.1 Å². The lowest BCUT2D eigenvalue weighted by molar-refractivity contribution is -0.120. The smallest absolute Gasteiger partial charge is 0.234 e. The van der Waals surface area contributed by atoms with Crippen LogP contribution in [0.5, 0.6) is 0 Å². The maximum Gasteiger partial charge on any atom is 0.234 e. The Labute approximate surface area is 117 Å². The van der Waals surface area contributed by atoms with Crippen molar-refractivity contribution in [3.05, 3.63) is 34.6 Å². The molecular weight excluding hydrogens is 271 g/mol. The van der Waals surface area contributed by atoms with Crippen LogP contribution in [0.1, 0.15) is 25.5 Å². The highest BCUT2D eigenvalue weighted by atomic mass is 35.5. The van der Waals surface area contributed by atoms with E-state index in [1.807, 2.05) is 13.8 Å². The molecule has 0 saturated carbocycles. The van der Waals surface area contributed by atoms with Gasteiger partial charge in [0.05, 0.1) is 24.2 Å².